The molecule has 2 atom stereocenters. The summed E-state index contributed by atoms with van der Waals surface area (Å²) in [7, 11) is 1.72. The van der Waals surface area contributed by atoms with E-state index in [1.165, 1.54) is 0 Å². The average Bonchev–Trinajstić information content (AvgIpc) is 3.02. The fourth-order valence-electron chi connectivity index (χ4n) is 5.85. The lowest BCUT2D eigenvalue weighted by molar-refractivity contribution is 0.0708. The van der Waals surface area contributed by atoms with Crippen molar-refractivity contribution in [3.63, 3.8) is 0 Å². The van der Waals surface area contributed by atoms with E-state index in [1.807, 2.05) is 24.3 Å². The second-order valence-electron chi connectivity index (χ2n) is 10.8. The molecule has 0 radical (unpaired) electrons. The SMILES string of the molecule is CN(Cc1ccc(C(=O)N2CC3(C)CC2CC(C)(C)C3)cc1)C(=O)Nc1cccc(C#N)c1. The fraction of sp³-hybridized carbons (Fsp3) is 0.444. The number of nitrogens with zero attached hydrogens (tertiary/aromatic N) is 3. The van der Waals surface area contributed by atoms with Crippen LogP contribution in [0, 0.1) is 22.2 Å². The van der Waals surface area contributed by atoms with Crippen molar-refractivity contribution in [3.8, 4) is 6.07 Å². The van der Waals surface area contributed by atoms with Crippen LogP contribution in [0.5, 0.6) is 0 Å². The Bertz CT molecular complexity index is 1100. The van der Waals surface area contributed by atoms with Gasteiger partial charge in [0, 0.05) is 37.4 Å². The van der Waals surface area contributed by atoms with E-state index < -0.39 is 0 Å². The van der Waals surface area contributed by atoms with E-state index in [2.05, 4.69) is 37.1 Å². The van der Waals surface area contributed by atoms with E-state index in [0.29, 0.717) is 29.4 Å². The maximum Gasteiger partial charge on any atom is 0.321 e. The topological polar surface area (TPSA) is 76.4 Å². The van der Waals surface area contributed by atoms with Gasteiger partial charge in [-0.1, -0.05) is 39.0 Å². The van der Waals surface area contributed by atoms with Crippen molar-refractivity contribution >= 4 is 17.6 Å². The third-order valence-electron chi connectivity index (χ3n) is 6.89. The molecule has 2 unspecified atom stereocenters. The van der Waals surface area contributed by atoms with Crippen LogP contribution < -0.4 is 5.32 Å². The van der Waals surface area contributed by atoms with Crippen molar-refractivity contribution in [2.45, 2.75) is 52.6 Å². The lowest BCUT2D eigenvalue weighted by Crippen LogP contribution is -2.37. The molecule has 1 heterocycles. The molecule has 1 saturated heterocycles. The van der Waals surface area contributed by atoms with Crippen molar-refractivity contribution in [2.24, 2.45) is 10.8 Å². The molecule has 1 saturated carbocycles. The summed E-state index contributed by atoms with van der Waals surface area (Å²) in [6.45, 7) is 8.18. The zero-order valence-corrected chi connectivity index (χ0v) is 19.9. The number of likely N-dealkylation sites (tertiary alicyclic amines) is 1. The molecular weight excluding hydrogens is 412 g/mol. The first-order valence-electron chi connectivity index (χ1n) is 11.5. The molecule has 2 bridgehead atoms. The third-order valence-corrected chi connectivity index (χ3v) is 6.89. The van der Waals surface area contributed by atoms with Crippen LogP contribution in [0.3, 0.4) is 0 Å². The number of urea groups is 1. The van der Waals surface area contributed by atoms with Gasteiger partial charge in [-0.15, -0.1) is 0 Å². The number of nitriles is 1. The molecule has 33 heavy (non-hydrogen) atoms. The van der Waals surface area contributed by atoms with Crippen LogP contribution in [0.25, 0.3) is 0 Å². The number of anilines is 1. The third kappa shape index (κ3) is 5.03. The predicted molar refractivity (Wildman–Crippen MR) is 129 cm³/mol. The normalized spacial score (nSPS) is 23.0. The Kier molecular flexibility index (Phi) is 5.92. The van der Waals surface area contributed by atoms with Crippen LogP contribution in [0.1, 0.15) is 61.5 Å². The standard InChI is InChI=1S/C27H32N4O2/c1-26(2)13-23-14-27(3,17-26)18-31(23)24(32)21-10-8-19(9-11-21)16-30(4)25(33)29-22-7-5-6-20(12-22)15-28/h5-12,23H,13-14,16-18H2,1-4H3,(H,29,33). The van der Waals surface area contributed by atoms with Crippen LogP contribution in [0.4, 0.5) is 10.5 Å². The van der Waals surface area contributed by atoms with Gasteiger partial charge in [0.25, 0.3) is 5.91 Å². The summed E-state index contributed by atoms with van der Waals surface area (Å²) >= 11 is 0. The van der Waals surface area contributed by atoms with Gasteiger partial charge in [0.2, 0.25) is 0 Å². The van der Waals surface area contributed by atoms with Crippen molar-refractivity contribution in [1.29, 1.82) is 5.26 Å². The maximum absolute atomic E-state index is 13.3. The van der Waals surface area contributed by atoms with Crippen molar-refractivity contribution in [1.82, 2.24) is 9.80 Å². The molecule has 3 amide bonds. The highest BCUT2D eigenvalue weighted by molar-refractivity contribution is 5.95. The van der Waals surface area contributed by atoms with Crippen LogP contribution >= 0.6 is 0 Å². The molecule has 2 fully saturated rings. The van der Waals surface area contributed by atoms with Crippen molar-refractivity contribution in [3.05, 3.63) is 65.2 Å². The van der Waals surface area contributed by atoms with Crippen LogP contribution in [-0.2, 0) is 6.54 Å². The number of amides is 3. The zero-order chi connectivity index (χ0) is 23.8. The van der Waals surface area contributed by atoms with E-state index in [-0.39, 0.29) is 22.8 Å². The number of carbonyl (C=O) groups excluding carboxylic acids is 2. The smallest absolute Gasteiger partial charge is 0.321 e. The Morgan fingerprint density at radius 2 is 1.88 bits per heavy atom. The molecule has 172 valence electrons. The molecule has 1 N–H and O–H groups in total. The summed E-state index contributed by atoms with van der Waals surface area (Å²) in [6.07, 6.45) is 3.31. The molecule has 1 aliphatic carbocycles. The second kappa shape index (κ2) is 8.55. The van der Waals surface area contributed by atoms with Crippen molar-refractivity contribution in [2.75, 3.05) is 18.9 Å². The average molecular weight is 445 g/mol. The molecule has 6 heteroatoms. The highest BCUT2D eigenvalue weighted by Gasteiger charge is 2.50. The minimum absolute atomic E-state index is 0.108. The van der Waals surface area contributed by atoms with E-state index in [4.69, 9.17) is 5.26 Å². The summed E-state index contributed by atoms with van der Waals surface area (Å²) in [4.78, 5) is 29.4. The molecule has 0 spiro atoms. The first kappa shape index (κ1) is 22.8. The van der Waals surface area contributed by atoms with Crippen LogP contribution in [0.15, 0.2) is 48.5 Å². The first-order chi connectivity index (χ1) is 15.6. The Morgan fingerprint density at radius 3 is 2.58 bits per heavy atom. The van der Waals surface area contributed by atoms with Gasteiger partial charge in [-0.25, -0.2) is 4.79 Å². The van der Waals surface area contributed by atoms with E-state index in [1.54, 1.807) is 36.2 Å². The monoisotopic (exact) mass is 444 g/mol. The number of carbonyl (C=O) groups is 2. The zero-order valence-electron chi connectivity index (χ0n) is 19.9. The van der Waals surface area contributed by atoms with Gasteiger partial charge < -0.3 is 15.1 Å². The Morgan fingerprint density at radius 1 is 1.15 bits per heavy atom. The number of hydrogen-bond donors (Lipinski definition) is 1. The van der Waals surface area contributed by atoms with Gasteiger partial charge >= 0.3 is 6.03 Å². The first-order valence-corrected chi connectivity index (χ1v) is 11.5. The minimum atomic E-state index is -0.259. The number of hydrogen-bond acceptors (Lipinski definition) is 3. The van der Waals surface area contributed by atoms with Gasteiger partial charge in [-0.3, -0.25) is 4.79 Å². The molecule has 4 rings (SSSR count). The minimum Gasteiger partial charge on any atom is -0.335 e. The van der Waals surface area contributed by atoms with Gasteiger partial charge in [-0.05, 0) is 66.0 Å². The molecular formula is C27H32N4O2. The van der Waals surface area contributed by atoms with Crippen molar-refractivity contribution < 1.29 is 9.59 Å². The lowest BCUT2D eigenvalue weighted by Gasteiger charge is -2.39. The molecule has 2 aromatic rings. The fourth-order valence-corrected chi connectivity index (χ4v) is 5.85. The van der Waals surface area contributed by atoms with E-state index >= 15 is 0 Å². The molecule has 1 aliphatic heterocycles. The maximum atomic E-state index is 13.3. The number of rotatable bonds is 4. The highest BCUT2D eigenvalue weighted by Crippen LogP contribution is 2.52. The summed E-state index contributed by atoms with van der Waals surface area (Å²) in [6, 6.07) is 16.5. The van der Waals surface area contributed by atoms with E-state index in [9.17, 15) is 9.59 Å². The predicted octanol–water partition coefficient (Wildman–Crippen LogP) is 5.26. The van der Waals surface area contributed by atoms with Crippen LogP contribution in [0.2, 0.25) is 0 Å². The van der Waals surface area contributed by atoms with Gasteiger partial charge in [-0.2, -0.15) is 5.26 Å². The Hall–Kier alpha value is -3.33. The van der Waals surface area contributed by atoms with Gasteiger partial charge in [0.15, 0.2) is 0 Å². The van der Waals surface area contributed by atoms with Crippen LogP contribution in [-0.4, -0.2) is 41.4 Å². The summed E-state index contributed by atoms with van der Waals surface area (Å²) in [5.74, 6) is 0.108. The second-order valence-corrected chi connectivity index (χ2v) is 10.8. The highest BCUT2D eigenvalue weighted by atomic mass is 16.2. The molecule has 2 aliphatic rings. The number of nitrogens with one attached hydrogen (secondary N) is 1. The summed E-state index contributed by atoms with van der Waals surface area (Å²) < 4.78 is 0. The quantitative estimate of drug-likeness (QED) is 0.698. The molecule has 0 aromatic heterocycles. The summed E-state index contributed by atoms with van der Waals surface area (Å²) in [5, 5.41) is 11.8. The largest absolute Gasteiger partial charge is 0.335 e. The Labute approximate surface area is 196 Å². The summed E-state index contributed by atoms with van der Waals surface area (Å²) in [5.41, 5.74) is 3.22. The molecule has 2 aromatic carbocycles. The van der Waals surface area contributed by atoms with Gasteiger partial charge in [0.05, 0.1) is 11.6 Å². The molecule has 6 nitrogen and oxygen atoms in total. The number of fused-ring (bicyclic) bond motifs is 2. The number of benzene rings is 2. The lowest BCUT2D eigenvalue weighted by atomic mass is 9.65. The van der Waals surface area contributed by atoms with Gasteiger partial charge in [0.1, 0.15) is 0 Å². The Balaban J connectivity index is 1.37. The van der Waals surface area contributed by atoms with E-state index in [0.717, 1.165) is 31.4 Å².